The Labute approximate surface area is 113 Å². The first-order valence-electron chi connectivity index (χ1n) is 6.23. The second-order valence-electron chi connectivity index (χ2n) is 5.71. The number of benzene rings is 1. The second-order valence-corrected chi connectivity index (χ2v) is 6.83. The third-order valence-electron chi connectivity index (χ3n) is 3.12. The standard InChI is InChI=1S/C16H20OS/c1-11-7-5-6-8-12(11)15(17)13-9-10-14(18-13)16(2,3)4/h5-10,15,17H,1-4H3. The Balaban J connectivity index is 2.33. The quantitative estimate of drug-likeness (QED) is 0.846. The molecule has 1 heterocycles. The van der Waals surface area contributed by atoms with Crippen LogP contribution in [-0.2, 0) is 5.41 Å². The van der Waals surface area contributed by atoms with Gasteiger partial charge in [0.25, 0.3) is 0 Å². The highest BCUT2D eigenvalue weighted by Gasteiger charge is 2.20. The molecule has 2 rings (SSSR count). The lowest BCUT2D eigenvalue weighted by Crippen LogP contribution is -2.07. The molecule has 1 unspecified atom stereocenters. The summed E-state index contributed by atoms with van der Waals surface area (Å²) in [5, 5.41) is 10.5. The fourth-order valence-corrected chi connectivity index (χ4v) is 3.02. The van der Waals surface area contributed by atoms with Gasteiger partial charge in [0.15, 0.2) is 0 Å². The zero-order valence-electron chi connectivity index (χ0n) is 11.4. The van der Waals surface area contributed by atoms with Crippen LogP contribution in [0.15, 0.2) is 36.4 Å². The normalized spacial score (nSPS) is 13.6. The van der Waals surface area contributed by atoms with Crippen LogP contribution in [0.1, 0.15) is 47.8 Å². The zero-order chi connectivity index (χ0) is 13.3. The number of thiophene rings is 1. The Kier molecular flexibility index (Phi) is 3.60. The SMILES string of the molecule is Cc1ccccc1C(O)c1ccc(C(C)(C)C)s1. The molecule has 1 N–H and O–H groups in total. The second kappa shape index (κ2) is 4.87. The third kappa shape index (κ3) is 2.65. The molecule has 0 aliphatic rings. The number of rotatable bonds is 2. The maximum atomic E-state index is 10.5. The minimum atomic E-state index is -0.507. The van der Waals surface area contributed by atoms with E-state index in [-0.39, 0.29) is 5.41 Å². The molecule has 0 aliphatic heterocycles. The Morgan fingerprint density at radius 1 is 1.06 bits per heavy atom. The van der Waals surface area contributed by atoms with Gasteiger partial charge in [0, 0.05) is 9.75 Å². The molecule has 1 nitrogen and oxygen atoms in total. The molecular formula is C16H20OS. The summed E-state index contributed by atoms with van der Waals surface area (Å²) in [7, 11) is 0. The summed E-state index contributed by atoms with van der Waals surface area (Å²) in [5.41, 5.74) is 2.28. The smallest absolute Gasteiger partial charge is 0.113 e. The summed E-state index contributed by atoms with van der Waals surface area (Å²) in [6.45, 7) is 8.63. The van der Waals surface area contributed by atoms with Crippen LogP contribution in [0.5, 0.6) is 0 Å². The first-order valence-corrected chi connectivity index (χ1v) is 7.05. The van der Waals surface area contributed by atoms with E-state index >= 15 is 0 Å². The summed E-state index contributed by atoms with van der Waals surface area (Å²) < 4.78 is 0. The van der Waals surface area contributed by atoms with Crippen molar-refractivity contribution < 1.29 is 5.11 Å². The van der Waals surface area contributed by atoms with Gasteiger partial charge in [0.2, 0.25) is 0 Å². The Morgan fingerprint density at radius 2 is 1.72 bits per heavy atom. The van der Waals surface area contributed by atoms with Gasteiger partial charge < -0.3 is 5.11 Å². The molecule has 1 aromatic heterocycles. The number of aliphatic hydroxyl groups is 1. The van der Waals surface area contributed by atoms with E-state index in [1.165, 1.54) is 4.88 Å². The minimum Gasteiger partial charge on any atom is -0.383 e. The number of aryl methyl sites for hydroxylation is 1. The molecule has 96 valence electrons. The van der Waals surface area contributed by atoms with Gasteiger partial charge in [0.1, 0.15) is 6.10 Å². The third-order valence-corrected chi connectivity index (χ3v) is 4.68. The van der Waals surface area contributed by atoms with Gasteiger partial charge in [-0.2, -0.15) is 0 Å². The Bertz CT molecular complexity index is 534. The monoisotopic (exact) mass is 260 g/mol. The van der Waals surface area contributed by atoms with Gasteiger partial charge in [-0.05, 0) is 35.6 Å². The predicted molar refractivity (Wildman–Crippen MR) is 78.3 cm³/mol. The van der Waals surface area contributed by atoms with Crippen LogP contribution < -0.4 is 0 Å². The first kappa shape index (κ1) is 13.3. The van der Waals surface area contributed by atoms with E-state index in [2.05, 4.69) is 26.8 Å². The van der Waals surface area contributed by atoms with Crippen LogP contribution in [0.3, 0.4) is 0 Å². The highest BCUT2D eigenvalue weighted by atomic mass is 32.1. The molecule has 0 bridgehead atoms. The summed E-state index contributed by atoms with van der Waals surface area (Å²) in [6.07, 6.45) is -0.507. The lowest BCUT2D eigenvalue weighted by atomic mass is 9.95. The van der Waals surface area contributed by atoms with Crippen LogP contribution in [0.2, 0.25) is 0 Å². The summed E-state index contributed by atoms with van der Waals surface area (Å²) >= 11 is 1.70. The molecule has 0 radical (unpaired) electrons. The molecule has 0 saturated carbocycles. The largest absolute Gasteiger partial charge is 0.383 e. The van der Waals surface area contributed by atoms with Crippen LogP contribution in [0, 0.1) is 6.92 Å². The van der Waals surface area contributed by atoms with Crippen molar-refractivity contribution in [3.05, 3.63) is 57.3 Å². The van der Waals surface area contributed by atoms with E-state index in [1.807, 2.05) is 37.3 Å². The van der Waals surface area contributed by atoms with E-state index in [1.54, 1.807) is 11.3 Å². The molecule has 0 spiro atoms. The molecule has 2 aromatic rings. The predicted octanol–water partition coefficient (Wildman–Crippen LogP) is 4.44. The Hall–Kier alpha value is -1.12. The van der Waals surface area contributed by atoms with Crippen molar-refractivity contribution in [3.8, 4) is 0 Å². The minimum absolute atomic E-state index is 0.147. The summed E-state index contributed by atoms with van der Waals surface area (Å²) in [6, 6.07) is 12.2. The highest BCUT2D eigenvalue weighted by Crippen LogP contribution is 2.35. The molecule has 0 amide bonds. The maximum absolute atomic E-state index is 10.5. The molecular weight excluding hydrogens is 240 g/mol. The topological polar surface area (TPSA) is 20.2 Å². The fraction of sp³-hybridized carbons (Fsp3) is 0.375. The van der Waals surface area contributed by atoms with Crippen LogP contribution >= 0.6 is 11.3 Å². The van der Waals surface area contributed by atoms with E-state index in [9.17, 15) is 5.11 Å². The van der Waals surface area contributed by atoms with Crippen molar-refractivity contribution in [3.63, 3.8) is 0 Å². The van der Waals surface area contributed by atoms with Crippen molar-refractivity contribution in [2.75, 3.05) is 0 Å². The van der Waals surface area contributed by atoms with E-state index in [0.29, 0.717) is 0 Å². The van der Waals surface area contributed by atoms with Gasteiger partial charge in [-0.3, -0.25) is 0 Å². The average molecular weight is 260 g/mol. The van der Waals surface area contributed by atoms with Crippen molar-refractivity contribution in [2.24, 2.45) is 0 Å². The van der Waals surface area contributed by atoms with Crippen molar-refractivity contribution in [1.82, 2.24) is 0 Å². The van der Waals surface area contributed by atoms with E-state index in [0.717, 1.165) is 16.0 Å². The van der Waals surface area contributed by atoms with Crippen LogP contribution in [0.4, 0.5) is 0 Å². The van der Waals surface area contributed by atoms with Gasteiger partial charge in [0.05, 0.1) is 0 Å². The lowest BCUT2D eigenvalue weighted by molar-refractivity contribution is 0.223. The van der Waals surface area contributed by atoms with E-state index in [4.69, 9.17) is 0 Å². The molecule has 2 heteroatoms. The fourth-order valence-electron chi connectivity index (χ4n) is 1.95. The van der Waals surface area contributed by atoms with Crippen molar-refractivity contribution in [1.29, 1.82) is 0 Å². The number of hydrogen-bond donors (Lipinski definition) is 1. The number of hydrogen-bond acceptors (Lipinski definition) is 2. The first-order chi connectivity index (χ1) is 8.39. The average Bonchev–Trinajstić information content (AvgIpc) is 2.77. The number of aliphatic hydroxyl groups excluding tert-OH is 1. The van der Waals surface area contributed by atoms with Crippen molar-refractivity contribution >= 4 is 11.3 Å². The van der Waals surface area contributed by atoms with Gasteiger partial charge in [-0.1, -0.05) is 45.0 Å². The molecule has 1 aromatic carbocycles. The van der Waals surface area contributed by atoms with Crippen molar-refractivity contribution in [2.45, 2.75) is 39.2 Å². The van der Waals surface area contributed by atoms with Gasteiger partial charge in [-0.25, -0.2) is 0 Å². The molecule has 0 aliphatic carbocycles. The Morgan fingerprint density at radius 3 is 2.28 bits per heavy atom. The lowest BCUT2D eigenvalue weighted by Gasteiger charge is -2.16. The van der Waals surface area contributed by atoms with E-state index < -0.39 is 6.10 Å². The van der Waals surface area contributed by atoms with Gasteiger partial charge >= 0.3 is 0 Å². The molecule has 18 heavy (non-hydrogen) atoms. The zero-order valence-corrected chi connectivity index (χ0v) is 12.2. The maximum Gasteiger partial charge on any atom is 0.113 e. The molecule has 0 saturated heterocycles. The molecule has 0 fully saturated rings. The molecule has 1 atom stereocenters. The van der Waals surface area contributed by atoms with Crippen LogP contribution in [-0.4, -0.2) is 5.11 Å². The van der Waals surface area contributed by atoms with Crippen LogP contribution in [0.25, 0.3) is 0 Å². The highest BCUT2D eigenvalue weighted by molar-refractivity contribution is 7.12. The van der Waals surface area contributed by atoms with Gasteiger partial charge in [-0.15, -0.1) is 11.3 Å². The summed E-state index contributed by atoms with van der Waals surface area (Å²) in [4.78, 5) is 2.33. The summed E-state index contributed by atoms with van der Waals surface area (Å²) in [5.74, 6) is 0.